The zero-order chi connectivity index (χ0) is 3.41. The van der Waals surface area contributed by atoms with Crippen molar-refractivity contribution in [1.29, 1.82) is 0 Å². The van der Waals surface area contributed by atoms with Gasteiger partial charge in [0.15, 0.2) is 0 Å². The van der Waals surface area contributed by atoms with E-state index in [4.69, 9.17) is 0 Å². The lowest BCUT2D eigenvalue weighted by atomic mass is 11.6. The minimum absolute atomic E-state index is 1.61. The van der Waals surface area contributed by atoms with Crippen LogP contribution in [0.25, 0.3) is 0 Å². The zero-order valence-electron chi connectivity index (χ0n) is 2.91. The monoisotopic (exact) mass is 77.0 g/mol. The van der Waals surface area contributed by atoms with Gasteiger partial charge in [0.2, 0.25) is 0 Å². The molecule has 0 spiro atoms. The Hall–Kier alpha value is 0.310. The summed E-state index contributed by atoms with van der Waals surface area (Å²) in [6.07, 6.45) is 1.99. The van der Waals surface area contributed by atoms with Crippen LogP contribution in [0, 0.1) is 0 Å². The Morgan fingerprint density at radius 1 is 1.75 bits per heavy atom. The molecule has 4 heavy (non-hydrogen) atoms. The van der Waals surface area contributed by atoms with Gasteiger partial charge in [0.1, 0.15) is 0 Å². The molecule has 0 bridgehead atoms. The smallest absolute Gasteiger partial charge is 0.00373 e. The van der Waals surface area contributed by atoms with Gasteiger partial charge in [-0.2, -0.15) is 0 Å². The van der Waals surface area contributed by atoms with E-state index in [0.717, 1.165) is 0 Å². The summed E-state index contributed by atoms with van der Waals surface area (Å²) in [5.41, 5.74) is 0. The molecule has 0 saturated carbocycles. The van der Waals surface area contributed by atoms with Crippen LogP contribution in [-0.2, 0) is 0 Å². The van der Waals surface area contributed by atoms with Crippen molar-refractivity contribution in [3.05, 3.63) is 0 Å². The van der Waals surface area contributed by atoms with Crippen molar-refractivity contribution in [3.8, 4) is 0 Å². The highest BCUT2D eigenvalue weighted by molar-refractivity contribution is 7.96. The Labute approximate surface area is 30.9 Å². The van der Waals surface area contributed by atoms with Gasteiger partial charge in [0.05, 0.1) is 0 Å². The predicted octanol–water partition coefficient (Wildman–Crippen LogP) is 0.484. The van der Waals surface area contributed by atoms with Crippen molar-refractivity contribution in [2.45, 2.75) is 0 Å². The lowest BCUT2D eigenvalue weighted by Crippen LogP contribution is -1.85. The van der Waals surface area contributed by atoms with Crippen molar-refractivity contribution in [2.75, 3.05) is 13.3 Å². The lowest BCUT2D eigenvalue weighted by molar-refractivity contribution is 1.30. The molecule has 1 N–H and O–H groups in total. The van der Waals surface area contributed by atoms with E-state index in [1.807, 2.05) is 13.3 Å². The highest BCUT2D eigenvalue weighted by Gasteiger charge is 1.50. The summed E-state index contributed by atoms with van der Waals surface area (Å²) in [5, 5.41) is 0. The molecule has 0 fully saturated rings. The molecule has 0 radical (unpaired) electrons. The molecule has 1 nitrogen and oxygen atoms in total. The van der Waals surface area contributed by atoms with Gasteiger partial charge in [-0.3, -0.25) is 4.72 Å². The summed E-state index contributed by atoms with van der Waals surface area (Å²) in [6.45, 7) is 0. The Morgan fingerprint density at radius 2 is 2.00 bits per heavy atom. The maximum atomic E-state index is 2.85. The van der Waals surface area contributed by atoms with Crippen LogP contribution in [0.4, 0.5) is 0 Å². The van der Waals surface area contributed by atoms with E-state index in [2.05, 4.69) is 4.72 Å². The van der Waals surface area contributed by atoms with Crippen molar-refractivity contribution in [1.82, 2.24) is 4.72 Å². The van der Waals surface area contributed by atoms with Crippen LogP contribution in [0.15, 0.2) is 0 Å². The van der Waals surface area contributed by atoms with Gasteiger partial charge >= 0.3 is 0 Å². The Morgan fingerprint density at radius 3 is 2.00 bits per heavy atom. The second-order valence-corrected chi connectivity index (χ2v) is 1.22. The normalized spacial score (nSPS) is 7.50. The third-order valence-electron chi connectivity index (χ3n) is 0.204. The van der Waals surface area contributed by atoms with Crippen LogP contribution >= 0.6 is 11.9 Å². The second kappa shape index (κ2) is 3.31. The third-order valence-corrected chi connectivity index (χ3v) is 0.612. The fourth-order valence-corrected chi connectivity index (χ4v) is 0. The van der Waals surface area contributed by atoms with Crippen LogP contribution < -0.4 is 4.72 Å². The van der Waals surface area contributed by atoms with Gasteiger partial charge in [0, 0.05) is 0 Å². The molecule has 0 atom stereocenters. The Balaban J connectivity index is 1.97. The molecule has 0 rings (SSSR count). The molecule has 0 aromatic carbocycles. The first-order valence-corrected chi connectivity index (χ1v) is 2.34. The first-order valence-electron chi connectivity index (χ1n) is 1.11. The minimum Gasteiger partial charge on any atom is -0.267 e. The maximum absolute atomic E-state index is 2.85. The number of hydrogen-bond donors (Lipinski definition) is 1. The van der Waals surface area contributed by atoms with Gasteiger partial charge in [0.25, 0.3) is 0 Å². The largest absolute Gasteiger partial charge is 0.267 e. The lowest BCUT2D eigenvalue weighted by Gasteiger charge is -1.75. The van der Waals surface area contributed by atoms with E-state index < -0.39 is 0 Å². The Bertz CT molecular complexity index is 8.00. The molecule has 0 amide bonds. The van der Waals surface area contributed by atoms with E-state index in [1.54, 1.807) is 11.9 Å². The summed E-state index contributed by atoms with van der Waals surface area (Å²) < 4.78 is 2.85. The number of hydrogen-bond acceptors (Lipinski definition) is 2. The molecule has 0 aliphatic heterocycles. The van der Waals surface area contributed by atoms with Crippen LogP contribution in [-0.4, -0.2) is 13.3 Å². The van der Waals surface area contributed by atoms with E-state index in [9.17, 15) is 0 Å². The first-order chi connectivity index (χ1) is 1.91. The minimum atomic E-state index is 1.61. The van der Waals surface area contributed by atoms with Gasteiger partial charge < -0.3 is 0 Å². The van der Waals surface area contributed by atoms with E-state index in [1.165, 1.54) is 0 Å². The predicted molar refractivity (Wildman–Crippen MR) is 22.6 cm³/mol. The Kier molecular flexibility index (Phi) is 3.57. The second-order valence-electron chi connectivity index (χ2n) is 0.408. The molecule has 0 heterocycles. The van der Waals surface area contributed by atoms with Crippen molar-refractivity contribution in [3.63, 3.8) is 0 Å². The highest BCUT2D eigenvalue weighted by atomic mass is 32.2. The third kappa shape index (κ3) is 2.31. The number of rotatable bonds is 1. The maximum Gasteiger partial charge on any atom is -0.00373 e. The molecular weight excluding hydrogens is 70.1 g/mol. The summed E-state index contributed by atoms with van der Waals surface area (Å²) in [6, 6.07) is 0. The van der Waals surface area contributed by atoms with Crippen LogP contribution in [0.2, 0.25) is 0 Å². The SMILES string of the molecule is CNSC. The van der Waals surface area contributed by atoms with Gasteiger partial charge in [-0.1, -0.05) is 11.9 Å². The zero-order valence-corrected chi connectivity index (χ0v) is 3.72. The quantitative estimate of drug-likeness (QED) is 0.457. The average molecular weight is 77.2 g/mol. The van der Waals surface area contributed by atoms with Crippen molar-refractivity contribution >= 4 is 11.9 Å². The van der Waals surface area contributed by atoms with E-state index in [0.29, 0.717) is 0 Å². The van der Waals surface area contributed by atoms with E-state index in [-0.39, 0.29) is 0 Å². The van der Waals surface area contributed by atoms with Crippen LogP contribution in [0.5, 0.6) is 0 Å². The molecule has 0 saturated heterocycles. The molecule has 0 unspecified atom stereocenters. The van der Waals surface area contributed by atoms with Gasteiger partial charge in [-0.25, -0.2) is 0 Å². The summed E-state index contributed by atoms with van der Waals surface area (Å²) in [7, 11) is 1.89. The van der Waals surface area contributed by atoms with Gasteiger partial charge in [-0.15, -0.1) is 0 Å². The van der Waals surface area contributed by atoms with Crippen molar-refractivity contribution < 1.29 is 0 Å². The van der Waals surface area contributed by atoms with E-state index >= 15 is 0 Å². The van der Waals surface area contributed by atoms with Crippen LogP contribution in [0.1, 0.15) is 0 Å². The topological polar surface area (TPSA) is 12.0 Å². The van der Waals surface area contributed by atoms with Crippen LogP contribution in [0.3, 0.4) is 0 Å². The summed E-state index contributed by atoms with van der Waals surface area (Å²) in [4.78, 5) is 0. The standard InChI is InChI=1S/C2H7NS/c1-3-4-2/h3H,1-2H3. The molecule has 0 aliphatic rings. The molecule has 0 aromatic rings. The molecule has 0 aliphatic carbocycles. The first kappa shape index (κ1) is 4.31. The van der Waals surface area contributed by atoms with Gasteiger partial charge in [-0.05, 0) is 13.3 Å². The number of nitrogens with one attached hydrogen (secondary N) is 1. The molecular formula is C2H7NS. The average Bonchev–Trinajstić information content (AvgIpc) is 1.37. The molecule has 2 heteroatoms. The molecule has 0 aromatic heterocycles. The summed E-state index contributed by atoms with van der Waals surface area (Å²) >= 11 is 1.61. The van der Waals surface area contributed by atoms with Crippen molar-refractivity contribution in [2.24, 2.45) is 0 Å². The highest BCUT2D eigenvalue weighted by Crippen LogP contribution is 1.70. The fraction of sp³-hybridized carbons (Fsp3) is 1.00. The molecule has 26 valence electrons. The summed E-state index contributed by atoms with van der Waals surface area (Å²) in [5.74, 6) is 0. The fourth-order valence-electron chi connectivity index (χ4n) is 0.